The summed E-state index contributed by atoms with van der Waals surface area (Å²) in [4.78, 5) is 11.1. The summed E-state index contributed by atoms with van der Waals surface area (Å²) < 4.78 is 34.5. The van der Waals surface area contributed by atoms with E-state index in [1.165, 1.54) is 25.1 Å². The van der Waals surface area contributed by atoms with E-state index >= 15 is 0 Å². The van der Waals surface area contributed by atoms with Gasteiger partial charge >= 0.3 is 5.97 Å². The number of hydrogen-bond donors (Lipinski definition) is 1. The fraction of sp³-hybridized carbons (Fsp3) is 0.364. The van der Waals surface area contributed by atoms with Crippen LogP contribution in [0.15, 0.2) is 23.1 Å². The molecule has 1 aromatic rings. The summed E-state index contributed by atoms with van der Waals surface area (Å²) in [5.41, 5.74) is -0.147. The fourth-order valence-corrected chi connectivity index (χ4v) is 4.09. The molecule has 1 rings (SSSR count). The van der Waals surface area contributed by atoms with E-state index in [-0.39, 0.29) is 32.7 Å². The first-order valence-corrected chi connectivity index (χ1v) is 8.90. The van der Waals surface area contributed by atoms with Gasteiger partial charge in [0, 0.05) is 16.4 Å². The standard InChI is InChI=1S/C11H13ClO5S2/c1-2-19(16,17)6-5-18(15)8-3-4-10(12)9(7-8)11(13)14/h3-4,7H,2,5-6H2,1H3,(H,13,14). The van der Waals surface area contributed by atoms with E-state index in [0.29, 0.717) is 0 Å². The van der Waals surface area contributed by atoms with Crippen molar-refractivity contribution in [1.29, 1.82) is 0 Å². The maximum absolute atomic E-state index is 11.9. The molecule has 0 amide bonds. The number of rotatable bonds is 6. The Morgan fingerprint density at radius 2 is 2.05 bits per heavy atom. The highest BCUT2D eigenvalue weighted by Gasteiger charge is 2.15. The Labute approximate surface area is 119 Å². The molecule has 5 nitrogen and oxygen atoms in total. The Morgan fingerprint density at radius 1 is 1.42 bits per heavy atom. The van der Waals surface area contributed by atoms with E-state index in [0.717, 1.165) is 0 Å². The van der Waals surface area contributed by atoms with E-state index in [9.17, 15) is 17.4 Å². The number of benzene rings is 1. The van der Waals surface area contributed by atoms with Gasteiger partial charge in [-0.2, -0.15) is 0 Å². The van der Waals surface area contributed by atoms with Crippen molar-refractivity contribution in [3.63, 3.8) is 0 Å². The van der Waals surface area contributed by atoms with Gasteiger partial charge in [-0.25, -0.2) is 13.2 Å². The summed E-state index contributed by atoms with van der Waals surface area (Å²) in [6.45, 7) is 1.52. The van der Waals surface area contributed by atoms with Crippen molar-refractivity contribution in [2.75, 3.05) is 17.3 Å². The van der Waals surface area contributed by atoms with E-state index in [2.05, 4.69) is 0 Å². The summed E-state index contributed by atoms with van der Waals surface area (Å²) in [6.07, 6.45) is 0. The second-order valence-electron chi connectivity index (χ2n) is 3.73. The minimum atomic E-state index is -3.19. The van der Waals surface area contributed by atoms with E-state index < -0.39 is 26.6 Å². The summed E-state index contributed by atoms with van der Waals surface area (Å²) in [5.74, 6) is -1.48. The zero-order valence-electron chi connectivity index (χ0n) is 10.1. The molecule has 0 aromatic heterocycles. The third-order valence-corrected chi connectivity index (χ3v) is 6.10. The van der Waals surface area contributed by atoms with Crippen LogP contribution in [0.1, 0.15) is 17.3 Å². The molecule has 0 bridgehead atoms. The van der Waals surface area contributed by atoms with Crippen molar-refractivity contribution in [3.05, 3.63) is 28.8 Å². The Morgan fingerprint density at radius 3 is 2.58 bits per heavy atom. The Balaban J connectivity index is 2.90. The van der Waals surface area contributed by atoms with Gasteiger partial charge in [-0.05, 0) is 18.2 Å². The lowest BCUT2D eigenvalue weighted by Gasteiger charge is -2.05. The van der Waals surface area contributed by atoms with Crippen molar-refractivity contribution in [2.24, 2.45) is 0 Å². The monoisotopic (exact) mass is 324 g/mol. The molecule has 0 aliphatic heterocycles. The van der Waals surface area contributed by atoms with Gasteiger partial charge in [-0.15, -0.1) is 0 Å². The van der Waals surface area contributed by atoms with Crippen molar-refractivity contribution >= 4 is 38.2 Å². The smallest absolute Gasteiger partial charge is 0.337 e. The van der Waals surface area contributed by atoms with Crippen LogP contribution in [0.4, 0.5) is 0 Å². The maximum Gasteiger partial charge on any atom is 0.337 e. The first kappa shape index (κ1) is 16.1. The quantitative estimate of drug-likeness (QED) is 0.858. The van der Waals surface area contributed by atoms with Crippen molar-refractivity contribution in [3.8, 4) is 0 Å². The molecule has 0 aliphatic carbocycles. The molecule has 1 atom stereocenters. The number of aromatic carboxylic acids is 1. The lowest BCUT2D eigenvalue weighted by atomic mass is 10.2. The molecular formula is C11H13ClO5S2. The number of sulfone groups is 1. The Hall–Kier alpha value is -0.920. The van der Waals surface area contributed by atoms with Crippen LogP contribution >= 0.6 is 11.6 Å². The molecule has 0 saturated carbocycles. The summed E-state index contributed by atoms with van der Waals surface area (Å²) in [6, 6.07) is 3.98. The van der Waals surface area contributed by atoms with Crippen LogP contribution in [0.3, 0.4) is 0 Å². The zero-order chi connectivity index (χ0) is 14.6. The first-order chi connectivity index (χ1) is 8.76. The van der Waals surface area contributed by atoms with Gasteiger partial charge in [0.2, 0.25) is 0 Å². The summed E-state index contributed by atoms with van der Waals surface area (Å²) in [7, 11) is -4.76. The molecule has 0 radical (unpaired) electrons. The Kier molecular flexibility index (Phi) is 5.51. The van der Waals surface area contributed by atoms with Crippen LogP contribution in [0.25, 0.3) is 0 Å². The third-order valence-electron chi connectivity index (χ3n) is 2.45. The van der Waals surface area contributed by atoms with Crippen LogP contribution in [0.2, 0.25) is 5.02 Å². The number of carboxylic acid groups (broad SMARTS) is 1. The highest BCUT2D eigenvalue weighted by atomic mass is 35.5. The topological polar surface area (TPSA) is 88.5 Å². The normalized spacial score (nSPS) is 13.2. The van der Waals surface area contributed by atoms with Gasteiger partial charge in [0.25, 0.3) is 0 Å². The van der Waals surface area contributed by atoms with E-state index in [4.69, 9.17) is 16.7 Å². The minimum absolute atomic E-state index is 0.00874. The SMILES string of the molecule is CCS(=O)(=O)CCS(=O)c1ccc(Cl)c(C(=O)O)c1. The van der Waals surface area contributed by atoms with E-state index in [1.807, 2.05) is 0 Å². The van der Waals surface area contributed by atoms with Gasteiger partial charge < -0.3 is 5.11 Å². The fourth-order valence-electron chi connectivity index (χ4n) is 1.27. The van der Waals surface area contributed by atoms with Gasteiger partial charge in [0.15, 0.2) is 9.84 Å². The Bertz CT molecular complexity index is 610. The predicted molar refractivity (Wildman–Crippen MR) is 74.0 cm³/mol. The lowest BCUT2D eigenvalue weighted by Crippen LogP contribution is -2.15. The third kappa shape index (κ3) is 4.59. The van der Waals surface area contributed by atoms with Crippen LogP contribution in [-0.4, -0.2) is 41.0 Å². The van der Waals surface area contributed by atoms with Crippen LogP contribution in [-0.2, 0) is 20.6 Å². The molecule has 0 aliphatic rings. The van der Waals surface area contributed by atoms with Crippen molar-refractivity contribution < 1.29 is 22.5 Å². The van der Waals surface area contributed by atoms with Gasteiger partial charge in [-0.1, -0.05) is 18.5 Å². The number of halogens is 1. The molecule has 19 heavy (non-hydrogen) atoms. The molecule has 0 saturated heterocycles. The first-order valence-electron chi connectivity index (χ1n) is 5.38. The molecule has 0 heterocycles. The van der Waals surface area contributed by atoms with Crippen LogP contribution < -0.4 is 0 Å². The highest BCUT2D eigenvalue weighted by molar-refractivity contribution is 7.93. The second kappa shape index (κ2) is 6.49. The largest absolute Gasteiger partial charge is 0.478 e. The van der Waals surface area contributed by atoms with E-state index in [1.54, 1.807) is 0 Å². The molecule has 1 unspecified atom stereocenters. The average molecular weight is 325 g/mol. The number of carbonyl (C=O) groups is 1. The predicted octanol–water partition coefficient (Wildman–Crippen LogP) is 1.58. The van der Waals surface area contributed by atoms with Gasteiger partial charge in [0.1, 0.15) is 0 Å². The summed E-state index contributed by atoms with van der Waals surface area (Å²) >= 11 is 5.69. The summed E-state index contributed by atoms with van der Waals surface area (Å²) in [5, 5.41) is 8.94. The molecule has 8 heteroatoms. The van der Waals surface area contributed by atoms with Crippen molar-refractivity contribution in [2.45, 2.75) is 11.8 Å². The molecule has 1 N–H and O–H groups in total. The average Bonchev–Trinajstić information content (AvgIpc) is 2.36. The van der Waals surface area contributed by atoms with Crippen molar-refractivity contribution in [1.82, 2.24) is 0 Å². The van der Waals surface area contributed by atoms with Gasteiger partial charge in [-0.3, -0.25) is 4.21 Å². The minimum Gasteiger partial charge on any atom is -0.478 e. The van der Waals surface area contributed by atoms with Gasteiger partial charge in [0.05, 0.1) is 27.1 Å². The second-order valence-corrected chi connectivity index (χ2v) is 8.18. The number of hydrogen-bond acceptors (Lipinski definition) is 4. The molecule has 0 fully saturated rings. The molecule has 1 aromatic carbocycles. The zero-order valence-corrected chi connectivity index (χ0v) is 12.5. The van der Waals surface area contributed by atoms with Crippen LogP contribution in [0.5, 0.6) is 0 Å². The van der Waals surface area contributed by atoms with Crippen LogP contribution in [0, 0.1) is 0 Å². The highest BCUT2D eigenvalue weighted by Crippen LogP contribution is 2.20. The molecule has 106 valence electrons. The molecular weight excluding hydrogens is 312 g/mol. The lowest BCUT2D eigenvalue weighted by molar-refractivity contribution is 0.0697. The number of carboxylic acids is 1. The maximum atomic E-state index is 11.9. The molecule has 0 spiro atoms.